The summed E-state index contributed by atoms with van der Waals surface area (Å²) in [7, 11) is 0. The number of aryl methyl sites for hydroxylation is 2. The second-order valence-electron chi connectivity index (χ2n) is 10.2. The van der Waals surface area contributed by atoms with Gasteiger partial charge in [0.15, 0.2) is 12.4 Å². The zero-order valence-electron chi connectivity index (χ0n) is 22.3. The molecule has 0 bridgehead atoms. The Balaban J connectivity index is 2.23. The Hall–Kier alpha value is -3.06. The van der Waals surface area contributed by atoms with Gasteiger partial charge >= 0.3 is 5.91 Å². The summed E-state index contributed by atoms with van der Waals surface area (Å²) < 4.78 is 1.78. The highest BCUT2D eigenvalue weighted by Crippen LogP contribution is 2.18. The molecule has 2 rings (SSSR count). The van der Waals surface area contributed by atoms with Gasteiger partial charge in [0, 0.05) is 43.2 Å². The number of hydrogen-bond acceptors (Lipinski definition) is 4. The van der Waals surface area contributed by atoms with Gasteiger partial charge < -0.3 is 10.2 Å². The van der Waals surface area contributed by atoms with Crippen molar-refractivity contribution in [1.82, 2.24) is 10.3 Å². The molecule has 7 nitrogen and oxygen atoms in total. The van der Waals surface area contributed by atoms with Crippen LogP contribution in [-0.2, 0) is 16.1 Å². The first-order valence-electron chi connectivity index (χ1n) is 12.4. The molecule has 0 fully saturated rings. The Morgan fingerprint density at radius 1 is 0.971 bits per heavy atom. The Morgan fingerprint density at radius 2 is 1.60 bits per heavy atom. The average molecular weight is 481 g/mol. The van der Waals surface area contributed by atoms with Crippen LogP contribution in [0, 0.1) is 31.6 Å². The van der Waals surface area contributed by atoms with Crippen molar-refractivity contribution in [3.05, 3.63) is 59.9 Å². The van der Waals surface area contributed by atoms with E-state index in [9.17, 15) is 9.59 Å². The first-order chi connectivity index (χ1) is 16.5. The smallest absolute Gasteiger partial charge is 0.305 e. The summed E-state index contributed by atoms with van der Waals surface area (Å²) in [6.45, 7) is 17.0. The van der Waals surface area contributed by atoms with Crippen molar-refractivity contribution >= 4 is 23.2 Å². The highest BCUT2D eigenvalue weighted by atomic mass is 16.2. The van der Waals surface area contributed by atoms with E-state index in [-0.39, 0.29) is 18.4 Å². The van der Waals surface area contributed by atoms with E-state index in [0.29, 0.717) is 24.1 Å². The van der Waals surface area contributed by atoms with Gasteiger partial charge in [0.2, 0.25) is 12.5 Å². The molecule has 0 saturated heterocycles. The second kappa shape index (κ2) is 13.7. The monoisotopic (exact) mass is 480 g/mol. The normalized spacial score (nSPS) is 12.8. The van der Waals surface area contributed by atoms with Gasteiger partial charge in [0.05, 0.1) is 5.92 Å². The Kier molecular flexibility index (Phi) is 11.1. The van der Waals surface area contributed by atoms with Crippen molar-refractivity contribution < 1.29 is 14.2 Å². The lowest BCUT2D eigenvalue weighted by molar-refractivity contribution is -0.684. The minimum Gasteiger partial charge on any atom is -0.325 e. The predicted octanol–water partition coefficient (Wildman–Crippen LogP) is 3.95. The Bertz CT molecular complexity index is 992. The third-order valence-electron chi connectivity index (χ3n) is 5.61. The standard InChI is InChI=1S/C28H41N5O2/c1-20(2)16-33(17-21(3)4)18-25(28(35)29-26-12-11-22(5)15-23(26)6)24(7)30-31-27(34)19-32-13-9-8-10-14-32/h8-15,20-21,25H,16-19H2,1-7H3,(H-,29,31,34,35)/p+1/b30-24-. The summed E-state index contributed by atoms with van der Waals surface area (Å²) in [5.41, 5.74) is 6.17. The number of benzene rings is 1. The molecule has 1 heterocycles. The number of carbonyl (C=O) groups excluding carboxylic acids is 2. The van der Waals surface area contributed by atoms with Crippen molar-refractivity contribution in [2.45, 2.75) is 55.0 Å². The molecular formula is C28H42N5O2+. The van der Waals surface area contributed by atoms with Crippen LogP contribution >= 0.6 is 0 Å². The van der Waals surface area contributed by atoms with E-state index >= 15 is 0 Å². The van der Waals surface area contributed by atoms with Crippen molar-refractivity contribution in [3.63, 3.8) is 0 Å². The summed E-state index contributed by atoms with van der Waals surface area (Å²) in [5.74, 6) is 0.0730. The molecule has 0 aliphatic heterocycles. The summed E-state index contributed by atoms with van der Waals surface area (Å²) in [6.07, 6.45) is 3.65. The Labute approximate surface area is 210 Å². The maximum absolute atomic E-state index is 13.5. The van der Waals surface area contributed by atoms with Crippen LogP contribution in [0.15, 0.2) is 53.9 Å². The lowest BCUT2D eigenvalue weighted by atomic mass is 10.00. The van der Waals surface area contributed by atoms with Crippen LogP contribution in [0.4, 0.5) is 5.69 Å². The molecule has 1 aromatic carbocycles. The highest BCUT2D eigenvalue weighted by molar-refractivity contribution is 6.09. The van der Waals surface area contributed by atoms with Gasteiger partial charge in [-0.25, -0.2) is 5.43 Å². The molecule has 35 heavy (non-hydrogen) atoms. The van der Waals surface area contributed by atoms with E-state index < -0.39 is 5.92 Å². The lowest BCUT2D eigenvalue weighted by Gasteiger charge is -2.30. The number of anilines is 1. The molecule has 0 aliphatic rings. The average Bonchev–Trinajstić information content (AvgIpc) is 2.77. The van der Waals surface area contributed by atoms with Crippen LogP contribution in [0.5, 0.6) is 0 Å². The number of rotatable bonds is 12. The first kappa shape index (κ1) is 28.2. The molecule has 2 N–H and O–H groups in total. The van der Waals surface area contributed by atoms with Crippen molar-refractivity contribution in [2.75, 3.05) is 25.0 Å². The fourth-order valence-corrected chi connectivity index (χ4v) is 4.06. The van der Waals surface area contributed by atoms with Crippen molar-refractivity contribution in [2.24, 2.45) is 22.9 Å². The summed E-state index contributed by atoms with van der Waals surface area (Å²) >= 11 is 0. The van der Waals surface area contributed by atoms with Crippen LogP contribution < -0.4 is 15.3 Å². The molecule has 0 saturated carbocycles. The number of pyridine rings is 1. The first-order valence-corrected chi connectivity index (χ1v) is 12.4. The third-order valence-corrected chi connectivity index (χ3v) is 5.61. The zero-order valence-corrected chi connectivity index (χ0v) is 22.3. The number of amides is 2. The van der Waals surface area contributed by atoms with Crippen LogP contribution in [0.2, 0.25) is 0 Å². The molecule has 2 amide bonds. The van der Waals surface area contributed by atoms with Crippen LogP contribution in [-0.4, -0.2) is 42.1 Å². The van der Waals surface area contributed by atoms with Gasteiger partial charge in [0.1, 0.15) is 0 Å². The largest absolute Gasteiger partial charge is 0.325 e. The predicted molar refractivity (Wildman–Crippen MR) is 142 cm³/mol. The van der Waals surface area contributed by atoms with E-state index in [4.69, 9.17) is 0 Å². The summed E-state index contributed by atoms with van der Waals surface area (Å²) in [6, 6.07) is 11.6. The zero-order chi connectivity index (χ0) is 26.0. The molecule has 0 spiro atoms. The van der Waals surface area contributed by atoms with Gasteiger partial charge in [-0.2, -0.15) is 9.67 Å². The highest BCUT2D eigenvalue weighted by Gasteiger charge is 2.26. The topological polar surface area (TPSA) is 77.7 Å². The van der Waals surface area contributed by atoms with Crippen molar-refractivity contribution in [1.29, 1.82) is 0 Å². The molecule has 0 radical (unpaired) electrons. The van der Waals surface area contributed by atoms with Gasteiger partial charge in [-0.15, -0.1) is 0 Å². The fraction of sp³-hybridized carbons (Fsp3) is 0.500. The molecule has 0 aliphatic carbocycles. The number of aromatic nitrogens is 1. The van der Waals surface area contributed by atoms with Gasteiger partial charge in [-0.1, -0.05) is 51.5 Å². The number of hydrazone groups is 1. The quantitative estimate of drug-likeness (QED) is 0.274. The maximum atomic E-state index is 13.5. The minimum atomic E-state index is -0.502. The third kappa shape index (κ3) is 9.99. The van der Waals surface area contributed by atoms with Gasteiger partial charge in [0.25, 0.3) is 0 Å². The molecule has 2 aromatic rings. The van der Waals surface area contributed by atoms with Gasteiger partial charge in [-0.3, -0.25) is 9.59 Å². The number of nitrogens with zero attached hydrogens (tertiary/aromatic N) is 3. The number of carbonyl (C=O) groups is 2. The molecule has 1 unspecified atom stereocenters. The van der Waals surface area contributed by atoms with E-state index in [2.05, 4.69) is 54.5 Å². The molecule has 7 heteroatoms. The van der Waals surface area contributed by atoms with Crippen LogP contribution in [0.1, 0.15) is 45.7 Å². The molecule has 1 atom stereocenters. The molecule has 190 valence electrons. The summed E-state index contributed by atoms with van der Waals surface area (Å²) in [4.78, 5) is 28.3. The Morgan fingerprint density at radius 3 is 2.17 bits per heavy atom. The summed E-state index contributed by atoms with van der Waals surface area (Å²) in [5, 5.41) is 7.44. The SMILES string of the molecule is C/C(=N/NC(=O)C[n+]1ccccc1)C(CN(CC(C)C)CC(C)C)C(=O)Nc1ccc(C)cc1C. The van der Waals surface area contributed by atoms with E-state index in [1.54, 1.807) is 4.57 Å². The molecular weight excluding hydrogens is 438 g/mol. The number of nitrogens with one attached hydrogen (secondary N) is 2. The van der Waals surface area contributed by atoms with E-state index in [1.165, 1.54) is 0 Å². The van der Waals surface area contributed by atoms with Crippen LogP contribution in [0.25, 0.3) is 0 Å². The maximum Gasteiger partial charge on any atom is 0.305 e. The second-order valence-corrected chi connectivity index (χ2v) is 10.2. The van der Waals surface area contributed by atoms with Gasteiger partial charge in [-0.05, 0) is 44.2 Å². The lowest BCUT2D eigenvalue weighted by Crippen LogP contribution is -2.44. The van der Waals surface area contributed by atoms with E-state index in [0.717, 1.165) is 29.9 Å². The minimum absolute atomic E-state index is 0.123. The van der Waals surface area contributed by atoms with Crippen LogP contribution in [0.3, 0.4) is 0 Å². The van der Waals surface area contributed by atoms with E-state index in [1.807, 2.05) is 63.5 Å². The molecule has 1 aromatic heterocycles. The van der Waals surface area contributed by atoms with Crippen molar-refractivity contribution in [3.8, 4) is 0 Å². The fourth-order valence-electron chi connectivity index (χ4n) is 4.06. The number of hydrogen-bond donors (Lipinski definition) is 2.